The van der Waals surface area contributed by atoms with Gasteiger partial charge in [-0.05, 0) is 45.0 Å². The Hall–Kier alpha value is -2.06. The molecule has 0 spiro atoms. The standard InChI is InChI=1S/C14H18O6S.C2H4O.C2H6/c1-14(2,20-12(15)9-19-3)13(16)10-5-7-11(8-6-10)21(4,17)18;1-2-3;1-2/h5-8H,9H2,1-4H3;2H,1H3;1-2H3. The van der Waals surface area contributed by atoms with Gasteiger partial charge in [-0.15, -0.1) is 0 Å². The maximum Gasteiger partial charge on any atom is 0.333 e. The van der Waals surface area contributed by atoms with Crippen LogP contribution >= 0.6 is 0 Å². The number of ketones is 1. The van der Waals surface area contributed by atoms with Crippen LogP contribution in [0.15, 0.2) is 29.2 Å². The van der Waals surface area contributed by atoms with Gasteiger partial charge in [0, 0.05) is 18.9 Å². The highest BCUT2D eigenvalue weighted by molar-refractivity contribution is 7.90. The minimum Gasteiger partial charge on any atom is -0.450 e. The Bertz CT molecular complexity index is 674. The van der Waals surface area contributed by atoms with Gasteiger partial charge in [0.2, 0.25) is 5.78 Å². The van der Waals surface area contributed by atoms with Crippen LogP contribution in [0.1, 0.15) is 45.0 Å². The number of ether oxygens (including phenoxy) is 2. The third kappa shape index (κ3) is 9.43. The van der Waals surface area contributed by atoms with E-state index in [9.17, 15) is 18.0 Å². The number of benzene rings is 1. The average Bonchev–Trinajstić information content (AvgIpc) is 2.56. The molecule has 0 aliphatic heterocycles. The topological polar surface area (TPSA) is 104 Å². The molecule has 0 amide bonds. The van der Waals surface area contributed by atoms with Crippen molar-refractivity contribution in [3.05, 3.63) is 29.8 Å². The molecule has 1 rings (SSSR count). The molecular weight excluding hydrogens is 360 g/mol. The summed E-state index contributed by atoms with van der Waals surface area (Å²) in [6.07, 6.45) is 1.83. The first-order chi connectivity index (χ1) is 12.0. The summed E-state index contributed by atoms with van der Waals surface area (Å²) in [5.74, 6) is -1.07. The molecule has 0 N–H and O–H groups in total. The summed E-state index contributed by atoms with van der Waals surface area (Å²) < 4.78 is 32.4. The second kappa shape index (κ2) is 12.3. The number of aldehydes is 1. The van der Waals surface area contributed by atoms with Gasteiger partial charge >= 0.3 is 5.97 Å². The lowest BCUT2D eigenvalue weighted by molar-refractivity contribution is -0.156. The van der Waals surface area contributed by atoms with Crippen LogP contribution in [0.5, 0.6) is 0 Å². The predicted molar refractivity (Wildman–Crippen MR) is 99.0 cm³/mol. The summed E-state index contributed by atoms with van der Waals surface area (Å²) in [5.41, 5.74) is -1.10. The summed E-state index contributed by atoms with van der Waals surface area (Å²) in [5, 5.41) is 0. The van der Waals surface area contributed by atoms with Crippen molar-refractivity contribution < 1.29 is 32.3 Å². The molecule has 0 aromatic heterocycles. The Morgan fingerprint density at radius 3 is 1.88 bits per heavy atom. The normalized spacial score (nSPS) is 10.4. The van der Waals surface area contributed by atoms with Crippen molar-refractivity contribution in [3.8, 4) is 0 Å². The highest BCUT2D eigenvalue weighted by Gasteiger charge is 2.32. The molecule has 1 aromatic carbocycles. The van der Waals surface area contributed by atoms with Gasteiger partial charge in [0.25, 0.3) is 0 Å². The fourth-order valence-electron chi connectivity index (χ4n) is 1.68. The molecule has 0 bridgehead atoms. The Morgan fingerprint density at radius 1 is 1.12 bits per heavy atom. The summed E-state index contributed by atoms with van der Waals surface area (Å²) in [6, 6.07) is 5.47. The third-order valence-corrected chi connectivity index (χ3v) is 3.85. The molecule has 0 atom stereocenters. The van der Waals surface area contributed by atoms with Crippen molar-refractivity contribution in [1.82, 2.24) is 0 Å². The van der Waals surface area contributed by atoms with Gasteiger partial charge in [-0.2, -0.15) is 0 Å². The molecule has 0 saturated heterocycles. The zero-order valence-corrected chi connectivity index (χ0v) is 17.2. The van der Waals surface area contributed by atoms with Crippen LogP contribution in [0.3, 0.4) is 0 Å². The van der Waals surface area contributed by atoms with Crippen LogP contribution in [-0.2, 0) is 28.9 Å². The second-order valence-corrected chi connectivity index (χ2v) is 7.29. The number of hydrogen-bond acceptors (Lipinski definition) is 7. The zero-order chi connectivity index (χ0) is 21.0. The Labute approximate surface area is 155 Å². The highest BCUT2D eigenvalue weighted by atomic mass is 32.2. The second-order valence-electron chi connectivity index (χ2n) is 5.28. The van der Waals surface area contributed by atoms with Crippen molar-refractivity contribution in [1.29, 1.82) is 0 Å². The van der Waals surface area contributed by atoms with Crippen molar-refractivity contribution in [2.24, 2.45) is 0 Å². The molecule has 0 fully saturated rings. The molecule has 1 aromatic rings. The third-order valence-electron chi connectivity index (χ3n) is 2.72. The number of carbonyl (C=O) groups is 3. The van der Waals surface area contributed by atoms with E-state index in [2.05, 4.69) is 4.74 Å². The van der Waals surface area contributed by atoms with Crippen LogP contribution in [0.2, 0.25) is 0 Å². The van der Waals surface area contributed by atoms with E-state index in [0.717, 1.165) is 12.5 Å². The lowest BCUT2D eigenvalue weighted by Gasteiger charge is -2.23. The summed E-state index contributed by atoms with van der Waals surface area (Å²) in [6.45, 7) is 8.13. The highest BCUT2D eigenvalue weighted by Crippen LogP contribution is 2.19. The Balaban J connectivity index is 0. The molecule has 0 aliphatic carbocycles. The van der Waals surface area contributed by atoms with Crippen molar-refractivity contribution in [2.75, 3.05) is 20.0 Å². The molecule has 0 heterocycles. The summed E-state index contributed by atoms with van der Waals surface area (Å²) >= 11 is 0. The van der Waals surface area contributed by atoms with E-state index in [4.69, 9.17) is 9.53 Å². The first-order valence-corrected chi connectivity index (χ1v) is 9.84. The number of hydrogen-bond donors (Lipinski definition) is 0. The van der Waals surface area contributed by atoms with E-state index >= 15 is 0 Å². The van der Waals surface area contributed by atoms with Crippen LogP contribution in [0, 0.1) is 0 Å². The fourth-order valence-corrected chi connectivity index (χ4v) is 2.31. The lowest BCUT2D eigenvalue weighted by Crippen LogP contribution is -2.38. The molecule has 0 saturated carbocycles. The van der Waals surface area contributed by atoms with Gasteiger partial charge in [0.1, 0.15) is 12.9 Å². The minimum atomic E-state index is -3.32. The van der Waals surface area contributed by atoms with Gasteiger partial charge in [-0.25, -0.2) is 13.2 Å². The number of Topliss-reactive ketones (excluding diaryl/α,β-unsaturated/α-hetero) is 1. The maximum absolute atomic E-state index is 12.3. The van der Waals surface area contributed by atoms with E-state index in [1.54, 1.807) is 0 Å². The van der Waals surface area contributed by atoms with Crippen molar-refractivity contribution in [3.63, 3.8) is 0 Å². The smallest absolute Gasteiger partial charge is 0.333 e. The molecule has 8 heteroatoms. The molecule has 7 nitrogen and oxygen atoms in total. The fraction of sp³-hybridized carbons (Fsp3) is 0.500. The van der Waals surface area contributed by atoms with Crippen LogP contribution in [-0.4, -0.2) is 52.0 Å². The predicted octanol–water partition coefficient (Wildman–Crippen LogP) is 2.47. The largest absolute Gasteiger partial charge is 0.450 e. The van der Waals surface area contributed by atoms with Crippen LogP contribution in [0.25, 0.3) is 0 Å². The maximum atomic E-state index is 12.3. The summed E-state index contributed by atoms with van der Waals surface area (Å²) in [4.78, 5) is 32.6. The van der Waals surface area contributed by atoms with Gasteiger partial charge < -0.3 is 14.3 Å². The first kappa shape index (κ1) is 26.2. The lowest BCUT2D eigenvalue weighted by atomic mass is 9.96. The molecule has 0 radical (unpaired) electrons. The number of sulfone groups is 1. The molecule has 26 heavy (non-hydrogen) atoms. The van der Waals surface area contributed by atoms with Crippen LogP contribution < -0.4 is 0 Å². The summed E-state index contributed by atoms with van der Waals surface area (Å²) in [7, 11) is -1.97. The van der Waals surface area contributed by atoms with Crippen LogP contribution in [0.4, 0.5) is 0 Å². The Kier molecular flexibility index (Phi) is 12.4. The van der Waals surface area contributed by atoms with Gasteiger partial charge in [-0.3, -0.25) is 4.79 Å². The van der Waals surface area contributed by atoms with Gasteiger partial charge in [0.05, 0.1) is 4.90 Å². The number of methoxy groups -OCH3 is 1. The average molecular weight is 388 g/mol. The monoisotopic (exact) mass is 388 g/mol. The van der Waals surface area contributed by atoms with E-state index in [1.165, 1.54) is 52.1 Å². The molecule has 148 valence electrons. The minimum absolute atomic E-state index is 0.119. The van der Waals surface area contributed by atoms with E-state index in [0.29, 0.717) is 0 Å². The molecular formula is C18H28O7S. The van der Waals surface area contributed by atoms with Crippen molar-refractivity contribution >= 4 is 27.9 Å². The van der Waals surface area contributed by atoms with E-state index in [1.807, 2.05) is 13.8 Å². The first-order valence-electron chi connectivity index (χ1n) is 7.95. The quantitative estimate of drug-likeness (QED) is 0.419. The molecule has 0 aliphatic rings. The van der Waals surface area contributed by atoms with E-state index in [-0.39, 0.29) is 17.1 Å². The molecule has 0 unspecified atom stereocenters. The van der Waals surface area contributed by atoms with Crippen molar-refractivity contribution in [2.45, 2.75) is 45.1 Å². The van der Waals surface area contributed by atoms with Gasteiger partial charge in [0.15, 0.2) is 15.4 Å². The SMILES string of the molecule is CC.CC=O.COCC(=O)OC(C)(C)C(=O)c1ccc(S(C)(=O)=O)cc1. The number of carbonyl (C=O) groups excluding carboxylic acids is 3. The Morgan fingerprint density at radius 2 is 1.54 bits per heavy atom. The zero-order valence-electron chi connectivity index (χ0n) is 16.4. The van der Waals surface area contributed by atoms with E-state index < -0.39 is 27.2 Å². The van der Waals surface area contributed by atoms with Gasteiger partial charge in [-0.1, -0.05) is 13.8 Å². The number of rotatable bonds is 6. The number of esters is 1.